The molecule has 5 rings (SSSR count). The van der Waals surface area contributed by atoms with Gasteiger partial charge in [0, 0.05) is 48.7 Å². The summed E-state index contributed by atoms with van der Waals surface area (Å²) in [7, 11) is 1.64. The molecule has 0 aliphatic carbocycles. The van der Waals surface area contributed by atoms with E-state index in [0.717, 1.165) is 12.8 Å². The Morgan fingerprint density at radius 1 is 1.24 bits per heavy atom. The number of halogens is 1. The quantitative estimate of drug-likeness (QED) is 0.398. The summed E-state index contributed by atoms with van der Waals surface area (Å²) in [6, 6.07) is 9.79. The van der Waals surface area contributed by atoms with Crippen LogP contribution in [0, 0.1) is 5.82 Å². The number of hydrogen-bond acceptors (Lipinski definition) is 6. The highest BCUT2D eigenvalue weighted by molar-refractivity contribution is 6.03. The van der Waals surface area contributed by atoms with Gasteiger partial charge in [0.2, 0.25) is 5.95 Å². The maximum Gasteiger partial charge on any atom is 0.407 e. The average Bonchev–Trinajstić information content (AvgIpc) is 2.84. The molecule has 1 aliphatic rings. The van der Waals surface area contributed by atoms with Gasteiger partial charge in [-0.05, 0) is 35.9 Å². The molecule has 174 valence electrons. The number of amides is 1. The van der Waals surface area contributed by atoms with E-state index in [1.54, 1.807) is 43.6 Å². The Kier molecular flexibility index (Phi) is 5.27. The molecule has 0 saturated carbocycles. The normalized spacial score (nSPS) is 16.2. The molecule has 2 aromatic heterocycles. The molecular weight excluding hydrogens is 439 g/mol. The second kappa shape index (κ2) is 8.29. The van der Waals surface area contributed by atoms with Crippen molar-refractivity contribution in [2.75, 3.05) is 24.1 Å². The van der Waals surface area contributed by atoms with Gasteiger partial charge < -0.3 is 21.1 Å². The van der Waals surface area contributed by atoms with E-state index in [4.69, 9.17) is 5.73 Å². The Morgan fingerprint density at radius 2 is 2.06 bits per heavy atom. The van der Waals surface area contributed by atoms with Gasteiger partial charge in [-0.1, -0.05) is 24.3 Å². The molecule has 1 aliphatic heterocycles. The topological polar surface area (TPSA) is 126 Å². The van der Waals surface area contributed by atoms with Crippen LogP contribution in [-0.2, 0) is 7.05 Å². The second-order valence-electron chi connectivity index (χ2n) is 8.47. The number of nitrogens with one attached hydrogen (secondary N) is 1. The first-order valence-electron chi connectivity index (χ1n) is 10.9. The van der Waals surface area contributed by atoms with E-state index < -0.39 is 11.9 Å². The summed E-state index contributed by atoms with van der Waals surface area (Å²) in [6.07, 6.45) is 2.23. The number of fused-ring (bicyclic) bond motifs is 2. The molecule has 2 aromatic carbocycles. The SMILES string of the molecule is Cn1c(=O)c(-c2cccc3c(N)c(F)ccc23)cc2cnc(NC3CCCN(C(=O)O)C3)nc21. The largest absolute Gasteiger partial charge is 0.465 e. The fraction of sp³-hybridized carbons (Fsp3) is 0.250. The lowest BCUT2D eigenvalue weighted by Crippen LogP contribution is -2.44. The predicted molar refractivity (Wildman–Crippen MR) is 128 cm³/mol. The summed E-state index contributed by atoms with van der Waals surface area (Å²) in [5, 5.41) is 14.3. The molecule has 1 atom stereocenters. The number of pyridine rings is 1. The second-order valence-corrected chi connectivity index (χ2v) is 8.47. The summed E-state index contributed by atoms with van der Waals surface area (Å²) < 4.78 is 15.4. The van der Waals surface area contributed by atoms with Gasteiger partial charge in [0.15, 0.2) is 0 Å². The molecule has 4 N–H and O–H groups in total. The zero-order valence-corrected chi connectivity index (χ0v) is 18.5. The van der Waals surface area contributed by atoms with Gasteiger partial charge in [0.25, 0.3) is 5.56 Å². The highest BCUT2D eigenvalue weighted by Crippen LogP contribution is 2.32. The summed E-state index contributed by atoms with van der Waals surface area (Å²) >= 11 is 0. The third-order valence-electron chi connectivity index (χ3n) is 6.31. The number of nitrogen functional groups attached to an aromatic ring is 1. The van der Waals surface area contributed by atoms with E-state index in [9.17, 15) is 19.1 Å². The monoisotopic (exact) mass is 462 g/mol. The number of carboxylic acid groups (broad SMARTS) is 1. The van der Waals surface area contributed by atoms with Crippen molar-refractivity contribution in [3.63, 3.8) is 0 Å². The Hall–Kier alpha value is -4.21. The van der Waals surface area contributed by atoms with Crippen LogP contribution in [0.5, 0.6) is 0 Å². The number of carbonyl (C=O) groups is 1. The van der Waals surface area contributed by atoms with Crippen LogP contribution in [0.3, 0.4) is 0 Å². The van der Waals surface area contributed by atoms with Crippen molar-refractivity contribution in [3.05, 3.63) is 58.8 Å². The predicted octanol–water partition coefficient (Wildman–Crippen LogP) is 3.42. The first-order chi connectivity index (χ1) is 16.3. The van der Waals surface area contributed by atoms with Crippen LogP contribution in [0.4, 0.5) is 20.8 Å². The lowest BCUT2D eigenvalue weighted by Gasteiger charge is -2.31. The molecule has 1 fully saturated rings. The first kappa shape index (κ1) is 21.6. The number of piperidine rings is 1. The van der Waals surface area contributed by atoms with Crippen LogP contribution < -0.4 is 16.6 Å². The molecule has 3 heterocycles. The van der Waals surface area contributed by atoms with E-state index in [1.807, 2.05) is 0 Å². The fourth-order valence-electron chi connectivity index (χ4n) is 4.55. The van der Waals surface area contributed by atoms with Crippen molar-refractivity contribution in [1.29, 1.82) is 0 Å². The number of hydrogen-bond donors (Lipinski definition) is 3. The van der Waals surface area contributed by atoms with Crippen molar-refractivity contribution in [1.82, 2.24) is 19.4 Å². The number of aryl methyl sites for hydroxylation is 1. The smallest absolute Gasteiger partial charge is 0.407 e. The first-order valence-corrected chi connectivity index (χ1v) is 10.9. The summed E-state index contributed by atoms with van der Waals surface area (Å²) in [5.74, 6) is -0.171. The van der Waals surface area contributed by atoms with Gasteiger partial charge >= 0.3 is 6.09 Å². The average molecular weight is 462 g/mol. The van der Waals surface area contributed by atoms with Crippen molar-refractivity contribution < 1.29 is 14.3 Å². The minimum atomic E-state index is -0.946. The minimum Gasteiger partial charge on any atom is -0.465 e. The molecule has 10 heteroatoms. The minimum absolute atomic E-state index is 0.0418. The molecular formula is C24H23FN6O3. The Bertz CT molecular complexity index is 1500. The van der Waals surface area contributed by atoms with Crippen LogP contribution in [-0.4, -0.2) is 49.8 Å². The summed E-state index contributed by atoms with van der Waals surface area (Å²) in [6.45, 7) is 0.856. The van der Waals surface area contributed by atoms with Crippen molar-refractivity contribution in [2.45, 2.75) is 18.9 Å². The standard InChI is InChI=1S/C24H23FN6O3/c1-30-21-13(11-27-23(29-21)28-14-4-3-9-31(12-14)24(33)34)10-18(22(30)32)15-5-2-6-17-16(15)7-8-19(25)20(17)26/h2,5-8,10-11,14H,3-4,9,12,26H2,1H3,(H,33,34)(H,27,28,29). The number of benzene rings is 2. The van der Waals surface area contributed by atoms with E-state index in [1.165, 1.54) is 15.5 Å². The molecule has 0 bridgehead atoms. The number of likely N-dealkylation sites (tertiary alicyclic amines) is 1. The highest BCUT2D eigenvalue weighted by Gasteiger charge is 2.24. The van der Waals surface area contributed by atoms with Crippen LogP contribution in [0.25, 0.3) is 32.9 Å². The zero-order valence-electron chi connectivity index (χ0n) is 18.5. The van der Waals surface area contributed by atoms with Crippen LogP contribution in [0.2, 0.25) is 0 Å². The molecule has 1 unspecified atom stereocenters. The highest BCUT2D eigenvalue weighted by atomic mass is 19.1. The van der Waals surface area contributed by atoms with Crippen LogP contribution >= 0.6 is 0 Å². The Balaban J connectivity index is 1.55. The van der Waals surface area contributed by atoms with Crippen molar-refractivity contribution >= 4 is 39.5 Å². The van der Waals surface area contributed by atoms with Gasteiger partial charge in [-0.25, -0.2) is 14.2 Å². The van der Waals surface area contributed by atoms with E-state index in [-0.39, 0.29) is 17.3 Å². The Morgan fingerprint density at radius 3 is 2.85 bits per heavy atom. The maximum atomic E-state index is 14.0. The molecule has 34 heavy (non-hydrogen) atoms. The maximum absolute atomic E-state index is 14.0. The molecule has 9 nitrogen and oxygen atoms in total. The van der Waals surface area contributed by atoms with Crippen LogP contribution in [0.15, 0.2) is 47.4 Å². The lowest BCUT2D eigenvalue weighted by molar-refractivity contribution is 0.132. The number of aromatic nitrogens is 3. The van der Waals surface area contributed by atoms with E-state index >= 15 is 0 Å². The van der Waals surface area contributed by atoms with Gasteiger partial charge in [0.1, 0.15) is 11.5 Å². The van der Waals surface area contributed by atoms with E-state index in [0.29, 0.717) is 52.0 Å². The molecule has 4 aromatic rings. The third kappa shape index (κ3) is 3.66. The molecule has 0 radical (unpaired) electrons. The number of rotatable bonds is 3. The lowest BCUT2D eigenvalue weighted by atomic mass is 9.97. The summed E-state index contributed by atoms with van der Waals surface area (Å²) in [5.41, 5.74) is 7.22. The third-order valence-corrected chi connectivity index (χ3v) is 6.31. The van der Waals surface area contributed by atoms with Crippen LogP contribution in [0.1, 0.15) is 12.8 Å². The van der Waals surface area contributed by atoms with E-state index in [2.05, 4.69) is 15.3 Å². The van der Waals surface area contributed by atoms with Gasteiger partial charge in [-0.15, -0.1) is 0 Å². The molecule has 0 spiro atoms. The van der Waals surface area contributed by atoms with Crippen molar-refractivity contribution in [2.24, 2.45) is 7.05 Å². The fourth-order valence-corrected chi connectivity index (χ4v) is 4.55. The van der Waals surface area contributed by atoms with Gasteiger partial charge in [0.05, 0.1) is 5.69 Å². The molecule has 1 amide bonds. The van der Waals surface area contributed by atoms with Crippen molar-refractivity contribution in [3.8, 4) is 11.1 Å². The molecule has 1 saturated heterocycles. The zero-order chi connectivity index (χ0) is 24.0. The number of nitrogens with two attached hydrogens (primary N) is 1. The number of anilines is 2. The Labute approximate surface area is 193 Å². The van der Waals surface area contributed by atoms with Gasteiger partial charge in [-0.3, -0.25) is 9.36 Å². The summed E-state index contributed by atoms with van der Waals surface area (Å²) in [4.78, 5) is 34.9. The van der Waals surface area contributed by atoms with Gasteiger partial charge in [-0.2, -0.15) is 4.98 Å². The number of nitrogens with zero attached hydrogens (tertiary/aromatic N) is 4.